The van der Waals surface area contributed by atoms with E-state index < -0.39 is 0 Å². The van der Waals surface area contributed by atoms with Crippen molar-refractivity contribution in [1.29, 1.82) is 0 Å². The van der Waals surface area contributed by atoms with Gasteiger partial charge in [-0.1, -0.05) is 54.6 Å². The van der Waals surface area contributed by atoms with E-state index in [2.05, 4.69) is 5.32 Å². The van der Waals surface area contributed by atoms with E-state index >= 15 is 0 Å². The topological polar surface area (TPSA) is 32.3 Å². The number of rotatable bonds is 3. The van der Waals surface area contributed by atoms with Gasteiger partial charge in [0.1, 0.15) is 12.0 Å². The first kappa shape index (κ1) is 15.4. The van der Waals surface area contributed by atoms with E-state index in [0.29, 0.717) is 12.1 Å². The zero-order valence-corrected chi connectivity index (χ0v) is 13.5. The Morgan fingerprint density at radius 3 is 2.32 bits per heavy atom. The van der Waals surface area contributed by atoms with Crippen LogP contribution in [0.1, 0.15) is 27.7 Å². The minimum Gasteiger partial charge on any atom is -0.361 e. The third kappa shape index (κ3) is 2.98. The minimum atomic E-state index is -0.344. The van der Waals surface area contributed by atoms with Gasteiger partial charge in [-0.15, -0.1) is 0 Å². The highest BCUT2D eigenvalue weighted by molar-refractivity contribution is 6.01. The Balaban J connectivity index is 1.75. The van der Waals surface area contributed by atoms with Gasteiger partial charge in [-0.25, -0.2) is 4.39 Å². The zero-order valence-electron chi connectivity index (χ0n) is 13.5. The van der Waals surface area contributed by atoms with E-state index in [1.54, 1.807) is 17.0 Å². The van der Waals surface area contributed by atoms with Gasteiger partial charge < -0.3 is 10.2 Å². The molecule has 0 spiro atoms. The van der Waals surface area contributed by atoms with Crippen molar-refractivity contribution in [3.63, 3.8) is 0 Å². The molecule has 3 nitrogen and oxygen atoms in total. The van der Waals surface area contributed by atoms with E-state index in [4.69, 9.17) is 0 Å². The lowest BCUT2D eigenvalue weighted by Gasteiger charge is -2.38. The molecule has 3 aromatic rings. The van der Waals surface area contributed by atoms with Crippen molar-refractivity contribution in [1.82, 2.24) is 4.90 Å². The van der Waals surface area contributed by atoms with Crippen molar-refractivity contribution in [3.8, 4) is 0 Å². The second kappa shape index (κ2) is 6.40. The molecule has 0 aliphatic carbocycles. The van der Waals surface area contributed by atoms with E-state index in [0.717, 1.165) is 16.8 Å². The lowest BCUT2D eigenvalue weighted by Crippen LogP contribution is -2.42. The molecule has 1 N–H and O–H groups in total. The summed E-state index contributed by atoms with van der Waals surface area (Å²) in [5.41, 5.74) is 3.34. The highest BCUT2D eigenvalue weighted by atomic mass is 19.1. The van der Waals surface area contributed by atoms with Crippen LogP contribution in [0.25, 0.3) is 0 Å². The molecule has 3 aromatic carbocycles. The van der Waals surface area contributed by atoms with Crippen molar-refractivity contribution in [2.45, 2.75) is 12.7 Å². The third-order valence-corrected chi connectivity index (χ3v) is 4.40. The SMILES string of the molecule is O=C1c2ccccc2N[C@H](c2ccc(F)cc2)N1Cc1ccccc1. The van der Waals surface area contributed by atoms with Gasteiger partial charge in [0.25, 0.3) is 5.91 Å². The van der Waals surface area contributed by atoms with Crippen LogP contribution in [0.4, 0.5) is 10.1 Å². The monoisotopic (exact) mass is 332 g/mol. The highest BCUT2D eigenvalue weighted by Crippen LogP contribution is 2.34. The summed E-state index contributed by atoms with van der Waals surface area (Å²) in [4.78, 5) is 14.9. The van der Waals surface area contributed by atoms with Crippen LogP contribution in [0.2, 0.25) is 0 Å². The number of amides is 1. The Kier molecular flexibility index (Phi) is 3.94. The fourth-order valence-corrected chi connectivity index (χ4v) is 3.14. The van der Waals surface area contributed by atoms with Gasteiger partial charge in [0.15, 0.2) is 0 Å². The van der Waals surface area contributed by atoms with Crippen LogP contribution in [0.5, 0.6) is 0 Å². The van der Waals surface area contributed by atoms with Crippen LogP contribution in [0.3, 0.4) is 0 Å². The molecule has 1 aliphatic rings. The molecule has 0 saturated carbocycles. The molecule has 4 rings (SSSR count). The second-order valence-corrected chi connectivity index (χ2v) is 6.06. The fraction of sp³-hybridized carbons (Fsp3) is 0.0952. The number of hydrogen-bond acceptors (Lipinski definition) is 2. The summed E-state index contributed by atoms with van der Waals surface area (Å²) in [6.07, 6.45) is -0.344. The van der Waals surface area contributed by atoms with Gasteiger partial charge in [0.2, 0.25) is 0 Å². The van der Waals surface area contributed by atoms with Crippen LogP contribution in [-0.2, 0) is 6.54 Å². The summed E-state index contributed by atoms with van der Waals surface area (Å²) in [6.45, 7) is 0.475. The average Bonchev–Trinajstić information content (AvgIpc) is 2.65. The van der Waals surface area contributed by atoms with Crippen molar-refractivity contribution < 1.29 is 9.18 Å². The second-order valence-electron chi connectivity index (χ2n) is 6.06. The molecule has 0 radical (unpaired) electrons. The number of carbonyl (C=O) groups excluding carboxylic acids is 1. The van der Waals surface area contributed by atoms with Crippen molar-refractivity contribution in [2.24, 2.45) is 0 Å². The maximum absolute atomic E-state index is 13.3. The summed E-state index contributed by atoms with van der Waals surface area (Å²) in [5, 5.41) is 3.42. The first-order valence-electron chi connectivity index (χ1n) is 8.18. The van der Waals surface area contributed by atoms with Gasteiger partial charge in [0.05, 0.1) is 5.56 Å². The molecule has 0 unspecified atom stereocenters. The third-order valence-electron chi connectivity index (χ3n) is 4.40. The zero-order chi connectivity index (χ0) is 17.2. The number of benzene rings is 3. The molecular formula is C21H17FN2O. The summed E-state index contributed by atoms with van der Waals surface area (Å²) < 4.78 is 13.3. The molecule has 1 amide bonds. The van der Waals surface area contributed by atoms with E-state index in [9.17, 15) is 9.18 Å². The average molecular weight is 332 g/mol. The van der Waals surface area contributed by atoms with Crippen molar-refractivity contribution in [2.75, 3.05) is 5.32 Å². The Hall–Kier alpha value is -3.14. The van der Waals surface area contributed by atoms with Gasteiger partial charge >= 0.3 is 0 Å². The number of hydrogen-bond donors (Lipinski definition) is 1. The number of fused-ring (bicyclic) bond motifs is 1. The smallest absolute Gasteiger partial charge is 0.258 e. The number of carbonyl (C=O) groups is 1. The highest BCUT2D eigenvalue weighted by Gasteiger charge is 2.32. The molecule has 124 valence electrons. The maximum Gasteiger partial charge on any atom is 0.258 e. The summed E-state index contributed by atoms with van der Waals surface area (Å²) in [5.74, 6) is -0.326. The standard InChI is InChI=1S/C21H17FN2O/c22-17-12-10-16(11-13-17)20-23-19-9-5-4-8-18(19)21(25)24(20)14-15-6-2-1-3-7-15/h1-13,20,23H,14H2/t20-/m0/s1. The first-order valence-corrected chi connectivity index (χ1v) is 8.18. The van der Waals surface area contributed by atoms with E-state index in [-0.39, 0.29) is 17.9 Å². The van der Waals surface area contributed by atoms with Crippen LogP contribution < -0.4 is 5.32 Å². The van der Waals surface area contributed by atoms with Gasteiger partial charge in [0, 0.05) is 12.2 Å². The molecular weight excluding hydrogens is 315 g/mol. The number of anilines is 1. The molecule has 0 aromatic heterocycles. The molecule has 1 aliphatic heterocycles. The number of nitrogens with zero attached hydrogens (tertiary/aromatic N) is 1. The minimum absolute atomic E-state index is 0.0347. The van der Waals surface area contributed by atoms with Crippen LogP contribution in [-0.4, -0.2) is 10.8 Å². The molecule has 0 fully saturated rings. The van der Waals surface area contributed by atoms with Crippen LogP contribution in [0.15, 0.2) is 78.9 Å². The lowest BCUT2D eigenvalue weighted by atomic mass is 10.0. The molecule has 0 bridgehead atoms. The Morgan fingerprint density at radius 1 is 0.880 bits per heavy atom. The number of nitrogens with one attached hydrogen (secondary N) is 1. The molecule has 0 saturated heterocycles. The molecule has 1 heterocycles. The van der Waals surface area contributed by atoms with E-state index in [1.165, 1.54) is 12.1 Å². The summed E-state index contributed by atoms with van der Waals surface area (Å²) in [7, 11) is 0. The van der Waals surface area contributed by atoms with E-state index in [1.807, 2.05) is 54.6 Å². The Morgan fingerprint density at radius 2 is 1.56 bits per heavy atom. The number of para-hydroxylation sites is 1. The normalized spacial score (nSPS) is 16.3. The predicted molar refractivity (Wildman–Crippen MR) is 95.5 cm³/mol. The van der Waals surface area contributed by atoms with Gasteiger partial charge in [-0.05, 0) is 35.4 Å². The predicted octanol–water partition coefficient (Wildman–Crippen LogP) is 4.59. The first-order chi connectivity index (χ1) is 12.2. The van der Waals surface area contributed by atoms with Crippen molar-refractivity contribution in [3.05, 3.63) is 101 Å². The number of halogens is 1. The van der Waals surface area contributed by atoms with Gasteiger partial charge in [-0.2, -0.15) is 0 Å². The Bertz CT molecular complexity index is 893. The van der Waals surface area contributed by atoms with Gasteiger partial charge in [-0.3, -0.25) is 4.79 Å². The lowest BCUT2D eigenvalue weighted by molar-refractivity contribution is 0.0666. The Labute approximate surface area is 145 Å². The summed E-state index contributed by atoms with van der Waals surface area (Å²) >= 11 is 0. The van der Waals surface area contributed by atoms with Crippen LogP contribution in [0, 0.1) is 5.82 Å². The summed E-state index contributed by atoms with van der Waals surface area (Å²) in [6, 6.07) is 23.6. The molecule has 25 heavy (non-hydrogen) atoms. The molecule has 4 heteroatoms. The van der Waals surface area contributed by atoms with Crippen molar-refractivity contribution >= 4 is 11.6 Å². The fourth-order valence-electron chi connectivity index (χ4n) is 3.14. The van der Waals surface area contributed by atoms with Crippen LogP contribution >= 0.6 is 0 Å². The maximum atomic E-state index is 13.3. The molecule has 1 atom stereocenters. The quantitative estimate of drug-likeness (QED) is 0.761. The largest absolute Gasteiger partial charge is 0.361 e.